The summed E-state index contributed by atoms with van der Waals surface area (Å²) in [5.41, 5.74) is 8.32. The zero-order valence-electron chi connectivity index (χ0n) is 7.25. The van der Waals surface area contributed by atoms with Gasteiger partial charge in [-0.2, -0.15) is 0 Å². The summed E-state index contributed by atoms with van der Waals surface area (Å²) in [4.78, 5) is 0. The molecule has 2 rings (SSSR count). The van der Waals surface area contributed by atoms with Crippen molar-refractivity contribution in [2.24, 2.45) is 0 Å². The molecule has 1 nitrogen and oxygen atoms in total. The first-order chi connectivity index (χ1) is 5.88. The summed E-state index contributed by atoms with van der Waals surface area (Å²) in [6.45, 7) is 0. The summed E-state index contributed by atoms with van der Waals surface area (Å²) in [6, 6.07) is 0. The Morgan fingerprint density at radius 3 is 2.50 bits per heavy atom. The molecule has 1 fully saturated rings. The fourth-order valence-corrected chi connectivity index (χ4v) is 2.89. The third kappa shape index (κ3) is 1.48. The van der Waals surface area contributed by atoms with E-state index in [4.69, 9.17) is 5.73 Å². The van der Waals surface area contributed by atoms with Crippen LogP contribution in [0.25, 0.3) is 0 Å². The molecular formula is C10H15NS. The van der Waals surface area contributed by atoms with Gasteiger partial charge in [-0.25, -0.2) is 0 Å². The molecule has 0 saturated heterocycles. The maximum absolute atomic E-state index is 5.88. The Bertz CT molecular complexity index is 248. The standard InChI is InChI=1S/C10H15NS/c11-10-7-12-6-9(10)8-4-2-1-3-5-8/h6-8H,1-5,11H2. The highest BCUT2D eigenvalue weighted by Crippen LogP contribution is 2.36. The van der Waals surface area contributed by atoms with E-state index in [0.29, 0.717) is 0 Å². The second-order valence-corrected chi connectivity index (χ2v) is 4.36. The SMILES string of the molecule is Nc1cscc1C1CCCCC1. The molecule has 0 spiro atoms. The summed E-state index contributed by atoms with van der Waals surface area (Å²) in [5.74, 6) is 0.769. The molecule has 0 unspecified atom stereocenters. The lowest BCUT2D eigenvalue weighted by Gasteiger charge is -2.21. The number of nitrogen functional groups attached to an aromatic ring is 1. The minimum Gasteiger partial charge on any atom is -0.398 e. The van der Waals surface area contributed by atoms with Crippen molar-refractivity contribution in [1.82, 2.24) is 0 Å². The average Bonchev–Trinajstić information content (AvgIpc) is 2.53. The predicted molar refractivity (Wildman–Crippen MR) is 54.6 cm³/mol. The lowest BCUT2D eigenvalue weighted by Crippen LogP contribution is -2.05. The van der Waals surface area contributed by atoms with Crippen LogP contribution in [0.4, 0.5) is 5.69 Å². The number of anilines is 1. The van der Waals surface area contributed by atoms with Gasteiger partial charge in [0.05, 0.1) is 0 Å². The highest BCUT2D eigenvalue weighted by Gasteiger charge is 2.17. The van der Waals surface area contributed by atoms with Crippen LogP contribution in [0.2, 0.25) is 0 Å². The van der Waals surface area contributed by atoms with Crippen molar-refractivity contribution in [1.29, 1.82) is 0 Å². The molecule has 2 heteroatoms. The summed E-state index contributed by atoms with van der Waals surface area (Å²) in [5, 5.41) is 4.29. The van der Waals surface area contributed by atoms with Crippen LogP contribution in [0, 0.1) is 0 Å². The van der Waals surface area contributed by atoms with Crippen LogP contribution in [-0.4, -0.2) is 0 Å². The molecule has 1 heterocycles. The van der Waals surface area contributed by atoms with Crippen LogP contribution in [0.15, 0.2) is 10.8 Å². The second kappa shape index (κ2) is 3.48. The Hall–Kier alpha value is -0.500. The summed E-state index contributed by atoms with van der Waals surface area (Å²) >= 11 is 1.73. The molecule has 1 aromatic heterocycles. The van der Waals surface area contributed by atoms with E-state index in [1.165, 1.54) is 37.7 Å². The van der Waals surface area contributed by atoms with E-state index < -0.39 is 0 Å². The summed E-state index contributed by atoms with van der Waals surface area (Å²) in [6.07, 6.45) is 6.89. The molecule has 1 aromatic rings. The highest BCUT2D eigenvalue weighted by molar-refractivity contribution is 7.08. The van der Waals surface area contributed by atoms with Crippen molar-refractivity contribution in [3.8, 4) is 0 Å². The molecule has 0 bridgehead atoms. The minimum absolute atomic E-state index is 0.769. The fraction of sp³-hybridized carbons (Fsp3) is 0.600. The molecule has 0 aromatic carbocycles. The second-order valence-electron chi connectivity index (χ2n) is 3.62. The molecule has 66 valence electrons. The largest absolute Gasteiger partial charge is 0.398 e. The predicted octanol–water partition coefficient (Wildman–Crippen LogP) is 3.38. The molecule has 1 aliphatic rings. The van der Waals surface area contributed by atoms with Crippen molar-refractivity contribution in [2.75, 3.05) is 5.73 Å². The summed E-state index contributed by atoms with van der Waals surface area (Å²) < 4.78 is 0. The first kappa shape index (κ1) is 8.11. The number of thiophene rings is 1. The maximum Gasteiger partial charge on any atom is 0.0458 e. The first-order valence-corrected chi connectivity index (χ1v) is 5.64. The highest BCUT2D eigenvalue weighted by atomic mass is 32.1. The van der Waals surface area contributed by atoms with Gasteiger partial charge >= 0.3 is 0 Å². The van der Waals surface area contributed by atoms with Crippen molar-refractivity contribution < 1.29 is 0 Å². The van der Waals surface area contributed by atoms with E-state index in [1.54, 1.807) is 11.3 Å². The van der Waals surface area contributed by atoms with Crippen LogP contribution >= 0.6 is 11.3 Å². The van der Waals surface area contributed by atoms with Gasteiger partial charge in [0.15, 0.2) is 0 Å². The fourth-order valence-electron chi connectivity index (χ4n) is 2.06. The van der Waals surface area contributed by atoms with Crippen LogP contribution < -0.4 is 5.73 Å². The van der Waals surface area contributed by atoms with E-state index in [9.17, 15) is 0 Å². The number of hydrogen-bond acceptors (Lipinski definition) is 2. The smallest absolute Gasteiger partial charge is 0.0458 e. The molecular weight excluding hydrogens is 166 g/mol. The molecule has 0 aliphatic heterocycles. The quantitative estimate of drug-likeness (QED) is 0.706. The van der Waals surface area contributed by atoms with E-state index in [2.05, 4.69) is 10.8 Å². The van der Waals surface area contributed by atoms with Crippen LogP contribution in [0.5, 0.6) is 0 Å². The molecule has 2 N–H and O–H groups in total. The van der Waals surface area contributed by atoms with E-state index in [1.807, 2.05) is 0 Å². The molecule has 0 atom stereocenters. The Balaban J connectivity index is 2.13. The van der Waals surface area contributed by atoms with Crippen molar-refractivity contribution >= 4 is 17.0 Å². The lowest BCUT2D eigenvalue weighted by molar-refractivity contribution is 0.445. The van der Waals surface area contributed by atoms with Crippen LogP contribution in [0.3, 0.4) is 0 Å². The third-order valence-electron chi connectivity index (χ3n) is 2.77. The number of hydrogen-bond donors (Lipinski definition) is 1. The Kier molecular flexibility index (Phi) is 2.35. The molecule has 0 radical (unpaired) electrons. The monoisotopic (exact) mass is 181 g/mol. The Morgan fingerprint density at radius 1 is 1.17 bits per heavy atom. The topological polar surface area (TPSA) is 26.0 Å². The van der Waals surface area contributed by atoms with Gasteiger partial charge in [0.2, 0.25) is 0 Å². The van der Waals surface area contributed by atoms with Gasteiger partial charge < -0.3 is 5.73 Å². The Morgan fingerprint density at radius 2 is 1.92 bits per heavy atom. The van der Waals surface area contributed by atoms with E-state index in [0.717, 1.165) is 11.6 Å². The van der Waals surface area contributed by atoms with E-state index >= 15 is 0 Å². The van der Waals surface area contributed by atoms with Crippen LogP contribution in [-0.2, 0) is 0 Å². The average molecular weight is 181 g/mol. The maximum atomic E-state index is 5.88. The lowest BCUT2D eigenvalue weighted by atomic mass is 9.85. The number of nitrogens with two attached hydrogens (primary N) is 1. The Labute approximate surface area is 77.6 Å². The molecule has 0 amide bonds. The zero-order chi connectivity index (χ0) is 8.39. The number of rotatable bonds is 1. The molecule has 1 saturated carbocycles. The normalized spacial score (nSPS) is 19.7. The van der Waals surface area contributed by atoms with Gasteiger partial charge in [0.1, 0.15) is 0 Å². The third-order valence-corrected chi connectivity index (χ3v) is 3.55. The van der Waals surface area contributed by atoms with E-state index in [-0.39, 0.29) is 0 Å². The molecule has 1 aliphatic carbocycles. The minimum atomic E-state index is 0.769. The van der Waals surface area contributed by atoms with Gasteiger partial charge in [0.25, 0.3) is 0 Å². The van der Waals surface area contributed by atoms with Crippen molar-refractivity contribution in [3.63, 3.8) is 0 Å². The van der Waals surface area contributed by atoms with Gasteiger partial charge in [0, 0.05) is 11.1 Å². The van der Waals surface area contributed by atoms with Gasteiger partial charge in [-0.05, 0) is 29.7 Å². The van der Waals surface area contributed by atoms with Crippen molar-refractivity contribution in [3.05, 3.63) is 16.3 Å². The zero-order valence-corrected chi connectivity index (χ0v) is 8.07. The first-order valence-electron chi connectivity index (χ1n) is 4.69. The van der Waals surface area contributed by atoms with Crippen LogP contribution in [0.1, 0.15) is 43.6 Å². The van der Waals surface area contributed by atoms with Crippen molar-refractivity contribution in [2.45, 2.75) is 38.0 Å². The summed E-state index contributed by atoms with van der Waals surface area (Å²) in [7, 11) is 0. The van der Waals surface area contributed by atoms with Gasteiger partial charge in [-0.1, -0.05) is 19.3 Å². The van der Waals surface area contributed by atoms with Gasteiger partial charge in [-0.3, -0.25) is 0 Å². The van der Waals surface area contributed by atoms with Gasteiger partial charge in [-0.15, -0.1) is 11.3 Å². The molecule has 12 heavy (non-hydrogen) atoms.